The van der Waals surface area contributed by atoms with Crippen molar-refractivity contribution in [2.45, 2.75) is 11.9 Å². The molecule has 0 radical (unpaired) electrons. The first-order valence-electron chi connectivity index (χ1n) is 3.06. The van der Waals surface area contributed by atoms with Crippen LogP contribution >= 0.6 is 24.0 Å². The summed E-state index contributed by atoms with van der Waals surface area (Å²) in [6.45, 7) is 1.99. The summed E-state index contributed by atoms with van der Waals surface area (Å²) in [4.78, 5) is 13.0. The van der Waals surface area contributed by atoms with E-state index in [2.05, 4.69) is 15.2 Å². The van der Waals surface area contributed by atoms with E-state index in [9.17, 15) is 4.79 Å². The molecule has 0 aliphatic carbocycles. The topological polar surface area (TPSA) is 61.5 Å². The molecule has 0 unspecified atom stereocenters. The summed E-state index contributed by atoms with van der Waals surface area (Å²) < 4.78 is 0.403. The number of hydrogen-bond donors (Lipinski definition) is 2. The standard InChI is InChI=1S/C5H7N3OS2/c1-2-11-4-3(10)6-5(9)8-7-4/h2H2,1H3,(H2,6,8,9,10). The Morgan fingerprint density at radius 2 is 2.45 bits per heavy atom. The van der Waals surface area contributed by atoms with Gasteiger partial charge in [0, 0.05) is 0 Å². The molecule has 2 N–H and O–H groups in total. The lowest BCUT2D eigenvalue weighted by atomic mass is 10.9. The average Bonchev–Trinajstić information content (AvgIpc) is 1.95. The summed E-state index contributed by atoms with van der Waals surface area (Å²) in [5.41, 5.74) is -0.365. The number of nitrogens with one attached hydrogen (secondary N) is 2. The lowest BCUT2D eigenvalue weighted by Gasteiger charge is -1.93. The molecule has 0 saturated heterocycles. The lowest BCUT2D eigenvalue weighted by Crippen LogP contribution is -2.12. The van der Waals surface area contributed by atoms with E-state index < -0.39 is 0 Å². The van der Waals surface area contributed by atoms with Crippen molar-refractivity contribution < 1.29 is 0 Å². The third-order valence-electron chi connectivity index (χ3n) is 0.961. The summed E-state index contributed by atoms with van der Waals surface area (Å²) >= 11 is 6.34. The summed E-state index contributed by atoms with van der Waals surface area (Å²) in [5, 5.41) is 6.70. The minimum atomic E-state index is -0.365. The molecule has 1 heterocycles. The summed E-state index contributed by atoms with van der Waals surface area (Å²) in [6, 6.07) is 0. The van der Waals surface area contributed by atoms with Crippen LogP contribution in [0.2, 0.25) is 0 Å². The number of aromatic nitrogens is 3. The van der Waals surface area contributed by atoms with Crippen LogP contribution in [0, 0.1) is 4.64 Å². The molecule has 4 nitrogen and oxygen atoms in total. The Morgan fingerprint density at radius 1 is 1.73 bits per heavy atom. The zero-order valence-electron chi connectivity index (χ0n) is 5.88. The van der Waals surface area contributed by atoms with E-state index in [1.165, 1.54) is 11.8 Å². The number of thioether (sulfide) groups is 1. The zero-order chi connectivity index (χ0) is 8.27. The Kier molecular flexibility index (Phi) is 2.84. The summed E-state index contributed by atoms with van der Waals surface area (Å²) in [6.07, 6.45) is 0. The molecule has 0 saturated carbocycles. The van der Waals surface area contributed by atoms with E-state index in [1.807, 2.05) is 6.92 Å². The molecule has 6 heteroatoms. The first-order valence-corrected chi connectivity index (χ1v) is 4.45. The van der Waals surface area contributed by atoms with Gasteiger partial charge in [0.05, 0.1) is 0 Å². The predicted molar refractivity (Wildman–Crippen MR) is 46.4 cm³/mol. The molecule has 0 spiro atoms. The van der Waals surface area contributed by atoms with Crippen LogP contribution in [-0.2, 0) is 0 Å². The van der Waals surface area contributed by atoms with Gasteiger partial charge in [-0.05, 0) is 5.75 Å². The highest BCUT2D eigenvalue weighted by molar-refractivity contribution is 7.99. The Balaban J connectivity index is 3.10. The predicted octanol–water partition coefficient (Wildman–Crippen LogP) is 0.939. The molecule has 1 aromatic heterocycles. The fraction of sp³-hybridized carbons (Fsp3) is 0.400. The van der Waals surface area contributed by atoms with Crippen LogP contribution in [-0.4, -0.2) is 20.9 Å². The molecule has 1 rings (SSSR count). The van der Waals surface area contributed by atoms with Crippen molar-refractivity contribution in [3.63, 3.8) is 0 Å². The Hall–Kier alpha value is -0.620. The summed E-state index contributed by atoms with van der Waals surface area (Å²) in [7, 11) is 0. The quantitative estimate of drug-likeness (QED) is 0.537. The monoisotopic (exact) mass is 189 g/mol. The van der Waals surface area contributed by atoms with Gasteiger partial charge in [-0.3, -0.25) is 4.98 Å². The molecular weight excluding hydrogens is 182 g/mol. The SMILES string of the molecule is CCSc1n[nH]c(=O)[nH]c1=S. The molecule has 11 heavy (non-hydrogen) atoms. The van der Waals surface area contributed by atoms with Crippen LogP contribution in [0.15, 0.2) is 9.82 Å². The van der Waals surface area contributed by atoms with Gasteiger partial charge in [0.15, 0.2) is 5.03 Å². The van der Waals surface area contributed by atoms with Crippen molar-refractivity contribution in [1.29, 1.82) is 0 Å². The van der Waals surface area contributed by atoms with Crippen molar-refractivity contribution in [2.75, 3.05) is 5.75 Å². The maximum Gasteiger partial charge on any atom is 0.340 e. The molecule has 0 amide bonds. The Labute approximate surface area is 72.4 Å². The highest BCUT2D eigenvalue weighted by atomic mass is 32.2. The normalized spacial score (nSPS) is 9.91. The maximum absolute atomic E-state index is 10.6. The van der Waals surface area contributed by atoms with Crippen LogP contribution in [0.3, 0.4) is 0 Å². The second kappa shape index (κ2) is 3.68. The fourth-order valence-electron chi connectivity index (χ4n) is 0.571. The minimum absolute atomic E-state index is 0.365. The molecule has 60 valence electrons. The molecular formula is C5H7N3OS2. The van der Waals surface area contributed by atoms with Crippen LogP contribution in [0.4, 0.5) is 0 Å². The third-order valence-corrected chi connectivity index (χ3v) is 2.24. The molecule has 0 aliphatic heterocycles. The van der Waals surface area contributed by atoms with E-state index in [0.717, 1.165) is 5.75 Å². The van der Waals surface area contributed by atoms with E-state index in [4.69, 9.17) is 12.2 Å². The van der Waals surface area contributed by atoms with Crippen LogP contribution in [0.5, 0.6) is 0 Å². The Bertz CT molecular complexity index is 342. The van der Waals surface area contributed by atoms with E-state index in [0.29, 0.717) is 9.67 Å². The van der Waals surface area contributed by atoms with Crippen molar-refractivity contribution in [3.05, 3.63) is 15.1 Å². The van der Waals surface area contributed by atoms with Gasteiger partial charge in [0.2, 0.25) is 0 Å². The van der Waals surface area contributed by atoms with Gasteiger partial charge in [-0.2, -0.15) is 5.10 Å². The first kappa shape index (κ1) is 8.48. The maximum atomic E-state index is 10.6. The smallest absolute Gasteiger partial charge is 0.295 e. The van der Waals surface area contributed by atoms with Crippen molar-refractivity contribution in [2.24, 2.45) is 0 Å². The second-order valence-electron chi connectivity index (χ2n) is 1.75. The third kappa shape index (κ3) is 2.16. The van der Waals surface area contributed by atoms with Crippen LogP contribution in [0.25, 0.3) is 0 Å². The van der Waals surface area contributed by atoms with Gasteiger partial charge in [-0.15, -0.1) is 11.8 Å². The lowest BCUT2D eigenvalue weighted by molar-refractivity contribution is 0.825. The number of nitrogens with zero attached hydrogens (tertiary/aromatic N) is 1. The average molecular weight is 189 g/mol. The fourth-order valence-corrected chi connectivity index (χ4v) is 1.45. The van der Waals surface area contributed by atoms with E-state index >= 15 is 0 Å². The largest absolute Gasteiger partial charge is 0.340 e. The van der Waals surface area contributed by atoms with E-state index in [1.54, 1.807) is 0 Å². The van der Waals surface area contributed by atoms with Gasteiger partial charge >= 0.3 is 5.69 Å². The summed E-state index contributed by atoms with van der Waals surface area (Å²) in [5.74, 6) is 0.885. The van der Waals surface area contributed by atoms with Gasteiger partial charge in [0.1, 0.15) is 4.64 Å². The molecule has 0 aromatic carbocycles. The number of H-pyrrole nitrogens is 2. The molecule has 0 bridgehead atoms. The first-order chi connectivity index (χ1) is 5.24. The van der Waals surface area contributed by atoms with Crippen LogP contribution in [0.1, 0.15) is 6.92 Å². The van der Waals surface area contributed by atoms with Crippen molar-refractivity contribution in [3.8, 4) is 0 Å². The number of hydrogen-bond acceptors (Lipinski definition) is 4. The van der Waals surface area contributed by atoms with Gasteiger partial charge in [-0.25, -0.2) is 9.89 Å². The Morgan fingerprint density at radius 3 is 3.00 bits per heavy atom. The molecule has 0 atom stereocenters. The van der Waals surface area contributed by atoms with Gasteiger partial charge in [-0.1, -0.05) is 19.1 Å². The van der Waals surface area contributed by atoms with E-state index in [-0.39, 0.29) is 5.69 Å². The molecule has 0 aliphatic rings. The van der Waals surface area contributed by atoms with Crippen molar-refractivity contribution >= 4 is 24.0 Å². The highest BCUT2D eigenvalue weighted by Gasteiger charge is 1.96. The van der Waals surface area contributed by atoms with Crippen molar-refractivity contribution in [1.82, 2.24) is 15.2 Å². The van der Waals surface area contributed by atoms with Crippen LogP contribution < -0.4 is 5.69 Å². The minimum Gasteiger partial charge on any atom is -0.295 e. The van der Waals surface area contributed by atoms with Gasteiger partial charge < -0.3 is 0 Å². The number of aromatic amines is 2. The number of rotatable bonds is 2. The second-order valence-corrected chi connectivity index (χ2v) is 3.41. The highest BCUT2D eigenvalue weighted by Crippen LogP contribution is 2.11. The zero-order valence-corrected chi connectivity index (χ0v) is 7.51. The molecule has 0 fully saturated rings. The van der Waals surface area contributed by atoms with Gasteiger partial charge in [0.25, 0.3) is 0 Å². The molecule has 1 aromatic rings.